The summed E-state index contributed by atoms with van der Waals surface area (Å²) in [5, 5.41) is 0.481. The summed E-state index contributed by atoms with van der Waals surface area (Å²) in [6, 6.07) is 3.56. The van der Waals surface area contributed by atoms with Crippen molar-refractivity contribution in [2.24, 2.45) is 0 Å². The second-order valence-corrected chi connectivity index (χ2v) is 2.20. The van der Waals surface area contributed by atoms with Gasteiger partial charge in [0.2, 0.25) is 0 Å². The molecule has 1 aromatic heterocycles. The number of aromatic nitrogens is 1. The maximum atomic E-state index is 5.62. The summed E-state index contributed by atoms with van der Waals surface area (Å²) in [6.45, 7) is 5.88. The second kappa shape index (κ2) is 4.97. The van der Waals surface area contributed by atoms with Crippen LogP contribution in [-0.2, 0) is 0 Å². The zero-order valence-electron chi connectivity index (χ0n) is 7.06. The van der Waals surface area contributed by atoms with Gasteiger partial charge in [-0.05, 0) is 18.6 Å². The highest BCUT2D eigenvalue weighted by molar-refractivity contribution is 6.30. The molecule has 1 rings (SSSR count). The quantitative estimate of drug-likeness (QED) is 0.612. The fraction of sp³-hybridized carbons (Fsp3) is 0.375. The molecule has 0 aliphatic carbocycles. The Morgan fingerprint density at radius 1 is 1.36 bits per heavy atom. The van der Waals surface area contributed by atoms with Crippen LogP contribution in [0.3, 0.4) is 0 Å². The van der Waals surface area contributed by atoms with Crippen molar-refractivity contribution in [2.75, 3.05) is 5.73 Å². The highest BCUT2D eigenvalue weighted by Gasteiger charge is 1.93. The van der Waals surface area contributed by atoms with E-state index in [0.29, 0.717) is 11.0 Å². The summed E-state index contributed by atoms with van der Waals surface area (Å²) in [5.41, 5.74) is 6.28. The Kier molecular flexibility index (Phi) is 4.62. The van der Waals surface area contributed by atoms with Crippen molar-refractivity contribution >= 4 is 17.4 Å². The minimum Gasteiger partial charge on any atom is -0.384 e. The molecule has 0 aromatic carbocycles. The van der Waals surface area contributed by atoms with Crippen LogP contribution in [0.2, 0.25) is 5.15 Å². The van der Waals surface area contributed by atoms with Gasteiger partial charge in [-0.3, -0.25) is 0 Å². The van der Waals surface area contributed by atoms with E-state index in [1.807, 2.05) is 26.8 Å². The van der Waals surface area contributed by atoms with Crippen LogP contribution < -0.4 is 5.73 Å². The van der Waals surface area contributed by atoms with Gasteiger partial charge in [0.25, 0.3) is 0 Å². The fourth-order valence-corrected chi connectivity index (χ4v) is 0.679. The molecule has 0 unspecified atom stereocenters. The van der Waals surface area contributed by atoms with Crippen molar-refractivity contribution in [3.8, 4) is 0 Å². The van der Waals surface area contributed by atoms with Gasteiger partial charge >= 0.3 is 0 Å². The molecule has 0 spiro atoms. The van der Waals surface area contributed by atoms with Crippen molar-refractivity contribution in [3.05, 3.63) is 22.8 Å². The summed E-state index contributed by atoms with van der Waals surface area (Å²) in [5.74, 6) is 0.464. The molecule has 0 fully saturated rings. The third-order valence-corrected chi connectivity index (χ3v) is 1.44. The standard InChI is InChI=1S/C6H7ClN2.C2H6/c1-4-2-3-5(8)9-6(4)7;1-2/h2-3H,1H3,(H2,8,9);1-2H3. The first-order chi connectivity index (χ1) is 5.20. The first-order valence-corrected chi connectivity index (χ1v) is 3.96. The SMILES string of the molecule is CC.Cc1ccc(N)nc1Cl. The number of hydrogen-bond acceptors (Lipinski definition) is 2. The topological polar surface area (TPSA) is 38.9 Å². The van der Waals surface area contributed by atoms with E-state index >= 15 is 0 Å². The van der Waals surface area contributed by atoms with E-state index in [4.69, 9.17) is 17.3 Å². The van der Waals surface area contributed by atoms with Gasteiger partial charge in [0, 0.05) is 0 Å². The molecule has 0 aliphatic rings. The van der Waals surface area contributed by atoms with Gasteiger partial charge in [-0.1, -0.05) is 31.5 Å². The molecule has 1 heterocycles. The van der Waals surface area contributed by atoms with Crippen LogP contribution in [-0.4, -0.2) is 4.98 Å². The van der Waals surface area contributed by atoms with Crippen LogP contribution in [0.4, 0.5) is 5.82 Å². The number of anilines is 1. The lowest BCUT2D eigenvalue weighted by Crippen LogP contribution is -1.90. The molecule has 2 nitrogen and oxygen atoms in total. The number of aryl methyl sites for hydroxylation is 1. The lowest BCUT2D eigenvalue weighted by Gasteiger charge is -1.95. The molecule has 0 atom stereocenters. The van der Waals surface area contributed by atoms with Gasteiger partial charge < -0.3 is 5.73 Å². The van der Waals surface area contributed by atoms with Crippen LogP contribution >= 0.6 is 11.6 Å². The predicted molar refractivity (Wildman–Crippen MR) is 49.7 cm³/mol. The molecule has 0 bridgehead atoms. The minimum absolute atomic E-state index is 0.464. The summed E-state index contributed by atoms with van der Waals surface area (Å²) in [7, 11) is 0. The molecule has 62 valence electrons. The molecule has 0 aliphatic heterocycles. The number of rotatable bonds is 0. The summed E-state index contributed by atoms with van der Waals surface area (Å²) in [6.07, 6.45) is 0. The number of hydrogen-bond donors (Lipinski definition) is 1. The Hall–Kier alpha value is -0.760. The van der Waals surface area contributed by atoms with E-state index in [-0.39, 0.29) is 0 Å². The number of nitrogen functional groups attached to an aromatic ring is 1. The normalized spacial score (nSPS) is 8.36. The van der Waals surface area contributed by atoms with Gasteiger partial charge in [-0.25, -0.2) is 4.98 Å². The summed E-state index contributed by atoms with van der Waals surface area (Å²) >= 11 is 5.62. The van der Waals surface area contributed by atoms with Crippen molar-refractivity contribution in [1.82, 2.24) is 4.98 Å². The van der Waals surface area contributed by atoms with Crippen LogP contribution in [0.15, 0.2) is 12.1 Å². The monoisotopic (exact) mass is 172 g/mol. The first-order valence-electron chi connectivity index (χ1n) is 3.59. The summed E-state index contributed by atoms with van der Waals surface area (Å²) < 4.78 is 0. The maximum Gasteiger partial charge on any atom is 0.134 e. The fourth-order valence-electron chi connectivity index (χ4n) is 0.518. The third kappa shape index (κ3) is 3.23. The van der Waals surface area contributed by atoms with Crippen LogP contribution in [0.1, 0.15) is 19.4 Å². The van der Waals surface area contributed by atoms with E-state index in [1.165, 1.54) is 0 Å². The van der Waals surface area contributed by atoms with Crippen LogP contribution in [0.25, 0.3) is 0 Å². The minimum atomic E-state index is 0.464. The maximum absolute atomic E-state index is 5.62. The molecule has 3 heteroatoms. The zero-order valence-corrected chi connectivity index (χ0v) is 7.81. The first kappa shape index (κ1) is 10.2. The highest BCUT2D eigenvalue weighted by atomic mass is 35.5. The van der Waals surface area contributed by atoms with Crippen LogP contribution in [0.5, 0.6) is 0 Å². The van der Waals surface area contributed by atoms with Gasteiger partial charge in [0.15, 0.2) is 0 Å². The van der Waals surface area contributed by atoms with Crippen LogP contribution in [0, 0.1) is 6.92 Å². The highest BCUT2D eigenvalue weighted by Crippen LogP contribution is 2.12. The van der Waals surface area contributed by atoms with Crippen molar-refractivity contribution in [2.45, 2.75) is 20.8 Å². The number of nitrogens with two attached hydrogens (primary N) is 1. The Balaban J connectivity index is 0.000000461. The molecular weight excluding hydrogens is 160 g/mol. The summed E-state index contributed by atoms with van der Waals surface area (Å²) in [4.78, 5) is 3.82. The van der Waals surface area contributed by atoms with Gasteiger partial charge in [-0.2, -0.15) is 0 Å². The average Bonchev–Trinajstić information content (AvgIpc) is 2.02. The van der Waals surface area contributed by atoms with Crippen molar-refractivity contribution < 1.29 is 0 Å². The van der Waals surface area contributed by atoms with E-state index in [9.17, 15) is 0 Å². The lowest BCUT2D eigenvalue weighted by atomic mass is 10.3. The largest absolute Gasteiger partial charge is 0.384 e. The Bertz CT molecular complexity index is 223. The lowest BCUT2D eigenvalue weighted by molar-refractivity contribution is 1.28. The smallest absolute Gasteiger partial charge is 0.134 e. The molecular formula is C8H13ClN2. The van der Waals surface area contributed by atoms with Gasteiger partial charge in [0.1, 0.15) is 11.0 Å². The van der Waals surface area contributed by atoms with E-state index in [1.54, 1.807) is 6.07 Å². The Morgan fingerprint density at radius 2 is 1.91 bits per heavy atom. The molecule has 0 saturated heterocycles. The molecule has 0 radical (unpaired) electrons. The number of nitrogens with zero attached hydrogens (tertiary/aromatic N) is 1. The molecule has 1 aromatic rings. The van der Waals surface area contributed by atoms with E-state index < -0.39 is 0 Å². The number of pyridine rings is 1. The van der Waals surface area contributed by atoms with E-state index in [2.05, 4.69) is 4.98 Å². The average molecular weight is 173 g/mol. The zero-order chi connectivity index (χ0) is 8.85. The Morgan fingerprint density at radius 3 is 2.27 bits per heavy atom. The van der Waals surface area contributed by atoms with Crippen molar-refractivity contribution in [3.63, 3.8) is 0 Å². The van der Waals surface area contributed by atoms with Crippen molar-refractivity contribution in [1.29, 1.82) is 0 Å². The predicted octanol–water partition coefficient (Wildman–Crippen LogP) is 2.65. The molecule has 11 heavy (non-hydrogen) atoms. The molecule has 0 amide bonds. The number of halogens is 1. The Labute approximate surface area is 72.4 Å². The molecule has 2 N–H and O–H groups in total. The van der Waals surface area contributed by atoms with Gasteiger partial charge in [-0.15, -0.1) is 0 Å². The molecule has 0 saturated carbocycles. The van der Waals surface area contributed by atoms with Gasteiger partial charge in [0.05, 0.1) is 0 Å². The second-order valence-electron chi connectivity index (χ2n) is 1.84. The van der Waals surface area contributed by atoms with E-state index in [0.717, 1.165) is 5.56 Å². The third-order valence-electron chi connectivity index (χ3n) is 1.06.